The van der Waals surface area contributed by atoms with Crippen molar-refractivity contribution in [2.45, 2.75) is 161 Å². The van der Waals surface area contributed by atoms with Gasteiger partial charge in [-0.05, 0) is 12.8 Å². The van der Waals surface area contributed by atoms with E-state index in [0.29, 0.717) is 12.8 Å². The summed E-state index contributed by atoms with van der Waals surface area (Å²) in [5.74, 6) is -2.40. The summed E-state index contributed by atoms with van der Waals surface area (Å²) in [4.78, 5) is 44.9. The summed E-state index contributed by atoms with van der Waals surface area (Å²) in [7, 11) is -4.72. The SMILES string of the molecule is CCCCCCCCCCCCCCCCCCC(=O)OCC(O)COP(=O)(O)OCC(NC(=O)CCCCC)C(=O)O. The van der Waals surface area contributed by atoms with Crippen molar-refractivity contribution in [1.82, 2.24) is 5.32 Å². The molecule has 0 bridgehead atoms. The standard InChI is InChI=1S/C31H60NO10P/c1-3-5-7-8-9-10-11-12-13-14-15-16-17-18-19-21-23-30(35)40-24-27(33)25-41-43(38,39)42-26-28(31(36)37)32-29(34)22-20-6-4-2/h27-28,33H,3-26H2,1-2H3,(H,32,34)(H,36,37)(H,38,39). The maximum absolute atomic E-state index is 12.0. The van der Waals surface area contributed by atoms with Crippen molar-refractivity contribution in [1.29, 1.82) is 0 Å². The molecule has 0 aliphatic carbocycles. The van der Waals surface area contributed by atoms with Crippen LogP contribution in [-0.4, -0.2) is 64.9 Å². The normalized spacial score (nSPS) is 14.1. The molecular weight excluding hydrogens is 577 g/mol. The number of phosphoric ester groups is 1. The number of carbonyl (C=O) groups excluding carboxylic acids is 2. The third kappa shape index (κ3) is 27.7. The number of aliphatic hydroxyl groups excluding tert-OH is 1. The van der Waals surface area contributed by atoms with Crippen LogP contribution in [0.25, 0.3) is 0 Å². The van der Waals surface area contributed by atoms with Gasteiger partial charge in [0, 0.05) is 12.8 Å². The van der Waals surface area contributed by atoms with Gasteiger partial charge in [0.25, 0.3) is 0 Å². The number of unbranched alkanes of at least 4 members (excludes halogenated alkanes) is 17. The molecule has 0 saturated heterocycles. The van der Waals surface area contributed by atoms with E-state index in [1.807, 2.05) is 6.92 Å². The second-order valence-electron chi connectivity index (χ2n) is 11.4. The van der Waals surface area contributed by atoms with Gasteiger partial charge < -0.3 is 25.2 Å². The van der Waals surface area contributed by atoms with Gasteiger partial charge in [-0.15, -0.1) is 0 Å². The highest BCUT2D eigenvalue weighted by Gasteiger charge is 2.28. The lowest BCUT2D eigenvalue weighted by Gasteiger charge is -2.18. The van der Waals surface area contributed by atoms with Crippen molar-refractivity contribution in [3.8, 4) is 0 Å². The number of hydrogen-bond acceptors (Lipinski definition) is 8. The molecule has 0 rings (SSSR count). The molecule has 3 unspecified atom stereocenters. The molecule has 4 N–H and O–H groups in total. The molecule has 0 aliphatic heterocycles. The number of carboxylic acids is 1. The van der Waals surface area contributed by atoms with Gasteiger partial charge in [-0.3, -0.25) is 18.6 Å². The lowest BCUT2D eigenvalue weighted by Crippen LogP contribution is -2.43. The van der Waals surface area contributed by atoms with E-state index in [4.69, 9.17) is 4.74 Å². The summed E-state index contributed by atoms with van der Waals surface area (Å²) < 4.78 is 26.4. The second kappa shape index (κ2) is 28.0. The number of nitrogens with one attached hydrogen (secondary N) is 1. The number of ether oxygens (including phenoxy) is 1. The maximum atomic E-state index is 12.0. The van der Waals surface area contributed by atoms with E-state index < -0.39 is 57.6 Å². The van der Waals surface area contributed by atoms with Crippen LogP contribution in [0.1, 0.15) is 149 Å². The largest absolute Gasteiger partial charge is 0.480 e. The minimum atomic E-state index is -4.72. The monoisotopic (exact) mass is 637 g/mol. The zero-order valence-electron chi connectivity index (χ0n) is 26.8. The van der Waals surface area contributed by atoms with Crippen LogP contribution in [0.5, 0.6) is 0 Å². The van der Waals surface area contributed by atoms with Gasteiger partial charge >= 0.3 is 19.8 Å². The Hall–Kier alpha value is -1.52. The number of carboxylic acid groups (broad SMARTS) is 1. The highest BCUT2D eigenvalue weighted by Crippen LogP contribution is 2.43. The smallest absolute Gasteiger partial charge is 0.472 e. The lowest BCUT2D eigenvalue weighted by atomic mass is 10.0. The number of hydrogen-bond donors (Lipinski definition) is 4. The molecule has 0 spiro atoms. The summed E-state index contributed by atoms with van der Waals surface area (Å²) in [5, 5.41) is 21.4. The van der Waals surface area contributed by atoms with E-state index in [1.54, 1.807) is 0 Å². The van der Waals surface area contributed by atoms with Crippen LogP contribution in [0.15, 0.2) is 0 Å². The Morgan fingerprint density at radius 2 is 1.07 bits per heavy atom. The Morgan fingerprint density at radius 1 is 0.651 bits per heavy atom. The molecule has 11 nitrogen and oxygen atoms in total. The van der Waals surface area contributed by atoms with Crippen LogP contribution < -0.4 is 5.32 Å². The molecule has 3 atom stereocenters. The zero-order valence-corrected chi connectivity index (χ0v) is 27.7. The molecule has 0 heterocycles. The molecule has 43 heavy (non-hydrogen) atoms. The van der Waals surface area contributed by atoms with Crippen LogP contribution >= 0.6 is 7.82 Å². The van der Waals surface area contributed by atoms with E-state index in [9.17, 15) is 34.1 Å². The summed E-state index contributed by atoms with van der Waals surface area (Å²) in [5.41, 5.74) is 0. The minimum absolute atomic E-state index is 0.134. The average Bonchev–Trinajstić information content (AvgIpc) is 2.97. The third-order valence-electron chi connectivity index (χ3n) is 7.15. The molecular formula is C31H60NO10P. The number of aliphatic hydroxyl groups is 1. The van der Waals surface area contributed by atoms with Crippen molar-refractivity contribution in [2.75, 3.05) is 19.8 Å². The van der Waals surface area contributed by atoms with Gasteiger partial charge in [0.15, 0.2) is 6.04 Å². The number of rotatable bonds is 31. The van der Waals surface area contributed by atoms with Gasteiger partial charge in [-0.1, -0.05) is 123 Å². The van der Waals surface area contributed by atoms with Crippen LogP contribution in [0.4, 0.5) is 0 Å². The zero-order chi connectivity index (χ0) is 32.2. The number of carbonyl (C=O) groups is 3. The topological polar surface area (TPSA) is 169 Å². The van der Waals surface area contributed by atoms with Crippen molar-refractivity contribution in [2.24, 2.45) is 0 Å². The first-order valence-electron chi connectivity index (χ1n) is 16.6. The van der Waals surface area contributed by atoms with E-state index in [-0.39, 0.29) is 12.8 Å². The first-order chi connectivity index (χ1) is 20.6. The summed E-state index contributed by atoms with van der Waals surface area (Å²) in [6.07, 6.45) is 21.2. The molecule has 1 amide bonds. The Morgan fingerprint density at radius 3 is 1.56 bits per heavy atom. The van der Waals surface area contributed by atoms with E-state index in [1.165, 1.54) is 77.0 Å². The van der Waals surface area contributed by atoms with Crippen LogP contribution in [0.3, 0.4) is 0 Å². The fourth-order valence-corrected chi connectivity index (χ4v) is 5.26. The average molecular weight is 638 g/mol. The van der Waals surface area contributed by atoms with Crippen LogP contribution in [0, 0.1) is 0 Å². The van der Waals surface area contributed by atoms with Gasteiger partial charge in [-0.2, -0.15) is 0 Å². The Kier molecular flexibility index (Phi) is 27.0. The predicted molar refractivity (Wildman–Crippen MR) is 167 cm³/mol. The van der Waals surface area contributed by atoms with Crippen molar-refractivity contribution in [3.63, 3.8) is 0 Å². The molecule has 0 saturated carbocycles. The van der Waals surface area contributed by atoms with E-state index >= 15 is 0 Å². The summed E-state index contributed by atoms with van der Waals surface area (Å²) >= 11 is 0. The molecule has 0 aromatic rings. The molecule has 0 radical (unpaired) electrons. The third-order valence-corrected chi connectivity index (χ3v) is 8.10. The minimum Gasteiger partial charge on any atom is -0.480 e. The fraction of sp³-hybridized carbons (Fsp3) is 0.903. The molecule has 254 valence electrons. The van der Waals surface area contributed by atoms with E-state index in [0.717, 1.165) is 32.1 Å². The van der Waals surface area contributed by atoms with Crippen molar-refractivity contribution >= 4 is 25.7 Å². The Balaban J connectivity index is 3.82. The molecule has 0 aliphatic rings. The number of amides is 1. The molecule has 12 heteroatoms. The first-order valence-corrected chi connectivity index (χ1v) is 18.1. The number of esters is 1. The molecule has 0 aromatic heterocycles. The number of phosphoric acid groups is 1. The Bertz CT molecular complexity index is 767. The van der Waals surface area contributed by atoms with Crippen LogP contribution in [-0.2, 0) is 32.7 Å². The molecule has 0 fully saturated rings. The highest BCUT2D eigenvalue weighted by molar-refractivity contribution is 7.47. The van der Waals surface area contributed by atoms with Gasteiger partial charge in [-0.25, -0.2) is 9.36 Å². The summed E-state index contributed by atoms with van der Waals surface area (Å²) in [6.45, 7) is 2.34. The van der Waals surface area contributed by atoms with Gasteiger partial charge in [0.2, 0.25) is 5.91 Å². The van der Waals surface area contributed by atoms with Crippen molar-refractivity contribution in [3.05, 3.63) is 0 Å². The van der Waals surface area contributed by atoms with Gasteiger partial charge in [0.1, 0.15) is 12.7 Å². The first kappa shape index (κ1) is 41.5. The Labute approximate surface area is 259 Å². The highest BCUT2D eigenvalue weighted by atomic mass is 31.2. The van der Waals surface area contributed by atoms with Crippen molar-refractivity contribution < 1.29 is 47.8 Å². The molecule has 0 aromatic carbocycles. The predicted octanol–water partition coefficient (Wildman–Crippen LogP) is 6.83. The van der Waals surface area contributed by atoms with Gasteiger partial charge in [0.05, 0.1) is 13.2 Å². The fourth-order valence-electron chi connectivity index (χ4n) is 4.49. The lowest BCUT2D eigenvalue weighted by molar-refractivity contribution is -0.147. The summed E-state index contributed by atoms with van der Waals surface area (Å²) in [6, 6.07) is -1.53. The quantitative estimate of drug-likeness (QED) is 0.0359. The second-order valence-corrected chi connectivity index (χ2v) is 12.8. The maximum Gasteiger partial charge on any atom is 0.472 e. The van der Waals surface area contributed by atoms with Crippen LogP contribution in [0.2, 0.25) is 0 Å². The van der Waals surface area contributed by atoms with E-state index in [2.05, 4.69) is 21.3 Å². The number of aliphatic carboxylic acids is 1.